The van der Waals surface area contributed by atoms with Crippen LogP contribution in [0.1, 0.15) is 22.3 Å². The van der Waals surface area contributed by atoms with Gasteiger partial charge >= 0.3 is 0 Å². The van der Waals surface area contributed by atoms with E-state index in [9.17, 15) is 4.79 Å². The van der Waals surface area contributed by atoms with Crippen molar-refractivity contribution in [2.75, 3.05) is 28.6 Å². The summed E-state index contributed by atoms with van der Waals surface area (Å²) in [6.07, 6.45) is 4.58. The lowest BCUT2D eigenvalue weighted by Gasteiger charge is -2.27. The van der Waals surface area contributed by atoms with Crippen LogP contribution >= 0.6 is 0 Å². The highest BCUT2D eigenvalue weighted by atomic mass is 16.2. The number of anilines is 3. The van der Waals surface area contributed by atoms with Crippen molar-refractivity contribution in [3.8, 4) is 0 Å². The van der Waals surface area contributed by atoms with E-state index in [-0.39, 0.29) is 5.91 Å². The Morgan fingerprint density at radius 1 is 0.963 bits per heavy atom. The Hall–Kier alpha value is -3.34. The lowest BCUT2D eigenvalue weighted by atomic mass is 10.1. The number of pyridine rings is 1. The third-order valence-electron chi connectivity index (χ3n) is 4.82. The molecule has 1 amide bonds. The van der Waals surface area contributed by atoms with Crippen LogP contribution in [0.4, 0.5) is 17.1 Å². The molecule has 4 rings (SSSR count). The molecule has 0 bridgehead atoms. The second-order valence-electron chi connectivity index (χ2n) is 6.70. The Morgan fingerprint density at radius 2 is 1.74 bits per heavy atom. The summed E-state index contributed by atoms with van der Waals surface area (Å²) in [5, 5.41) is 0. The molecule has 0 atom stereocenters. The van der Waals surface area contributed by atoms with Crippen molar-refractivity contribution < 1.29 is 4.79 Å². The summed E-state index contributed by atoms with van der Waals surface area (Å²) < 4.78 is 0. The van der Waals surface area contributed by atoms with Crippen molar-refractivity contribution in [2.24, 2.45) is 0 Å². The number of carbonyl (C=O) groups excluding carboxylic acids is 1. The van der Waals surface area contributed by atoms with Gasteiger partial charge in [0.25, 0.3) is 5.91 Å². The minimum Gasteiger partial charge on any atom is -0.399 e. The second-order valence-corrected chi connectivity index (χ2v) is 6.70. The van der Waals surface area contributed by atoms with Crippen molar-refractivity contribution in [3.63, 3.8) is 0 Å². The number of nitrogens with two attached hydrogens (primary N) is 1. The summed E-state index contributed by atoms with van der Waals surface area (Å²) in [5.41, 5.74) is 10.2. The predicted octanol–water partition coefficient (Wildman–Crippen LogP) is 3.72. The van der Waals surface area contributed by atoms with Gasteiger partial charge in [0.2, 0.25) is 0 Å². The van der Waals surface area contributed by atoms with E-state index in [4.69, 9.17) is 5.73 Å². The molecule has 1 aromatic heterocycles. The average Bonchev–Trinajstić information content (AvgIpc) is 2.89. The number of amides is 1. The van der Waals surface area contributed by atoms with Gasteiger partial charge in [0.15, 0.2) is 0 Å². The highest BCUT2D eigenvalue weighted by Crippen LogP contribution is 2.34. The van der Waals surface area contributed by atoms with E-state index >= 15 is 0 Å². The summed E-state index contributed by atoms with van der Waals surface area (Å²) in [6.45, 7) is 2.34. The van der Waals surface area contributed by atoms with Gasteiger partial charge in [0.05, 0.1) is 11.4 Å². The van der Waals surface area contributed by atoms with E-state index in [2.05, 4.69) is 22.0 Å². The molecule has 0 unspecified atom stereocenters. The van der Waals surface area contributed by atoms with Crippen LogP contribution in [0, 0.1) is 0 Å². The van der Waals surface area contributed by atoms with Crippen molar-refractivity contribution in [2.45, 2.75) is 13.0 Å². The highest BCUT2D eigenvalue weighted by Gasteiger charge is 2.25. The van der Waals surface area contributed by atoms with Crippen LogP contribution in [0.2, 0.25) is 0 Å². The summed E-state index contributed by atoms with van der Waals surface area (Å²) >= 11 is 0. The van der Waals surface area contributed by atoms with E-state index in [1.807, 2.05) is 35.4 Å². The molecule has 3 aromatic rings. The van der Waals surface area contributed by atoms with Gasteiger partial charge in [0, 0.05) is 43.3 Å². The maximum Gasteiger partial charge on any atom is 0.258 e. The number of carbonyl (C=O) groups is 1. The van der Waals surface area contributed by atoms with E-state index in [1.165, 1.54) is 0 Å². The zero-order valence-electron chi connectivity index (χ0n) is 15.1. The molecule has 5 heteroatoms. The molecule has 2 aromatic carbocycles. The smallest absolute Gasteiger partial charge is 0.258 e. The molecule has 1 aliphatic rings. The number of aromatic nitrogens is 1. The molecule has 136 valence electrons. The molecule has 0 fully saturated rings. The van der Waals surface area contributed by atoms with E-state index in [0.29, 0.717) is 17.8 Å². The fourth-order valence-corrected chi connectivity index (χ4v) is 3.49. The monoisotopic (exact) mass is 358 g/mol. The largest absolute Gasteiger partial charge is 0.399 e. The molecule has 5 nitrogen and oxygen atoms in total. The van der Waals surface area contributed by atoms with Gasteiger partial charge in [-0.2, -0.15) is 0 Å². The third-order valence-corrected chi connectivity index (χ3v) is 4.82. The fraction of sp³-hybridized carbons (Fsp3) is 0.182. The van der Waals surface area contributed by atoms with Crippen molar-refractivity contribution in [1.29, 1.82) is 0 Å². The molecule has 1 aliphatic heterocycles. The van der Waals surface area contributed by atoms with Crippen LogP contribution in [0.15, 0.2) is 73.1 Å². The molecule has 0 saturated carbocycles. The molecular formula is C22H22N4O. The number of hydrogen-bond donors (Lipinski definition) is 1. The first-order chi connectivity index (χ1) is 13.2. The maximum absolute atomic E-state index is 13.1. The Kier molecular flexibility index (Phi) is 4.75. The van der Waals surface area contributed by atoms with Crippen molar-refractivity contribution in [3.05, 3.63) is 84.2 Å². The normalized spacial score (nSPS) is 13.8. The Balaban J connectivity index is 1.67. The molecule has 2 N–H and O–H groups in total. The number of benzene rings is 2. The average molecular weight is 358 g/mol. The highest BCUT2D eigenvalue weighted by molar-refractivity contribution is 6.08. The van der Waals surface area contributed by atoms with Gasteiger partial charge in [-0.3, -0.25) is 9.78 Å². The van der Waals surface area contributed by atoms with Gasteiger partial charge in [-0.15, -0.1) is 0 Å². The molecule has 2 heterocycles. The van der Waals surface area contributed by atoms with Crippen LogP contribution in [-0.4, -0.2) is 24.0 Å². The first kappa shape index (κ1) is 17.1. The SMILES string of the molecule is Nc1ccc(C(=O)N2CCCN(Cc3cccnc3)c3ccccc32)cc1. The molecule has 0 spiro atoms. The fourth-order valence-electron chi connectivity index (χ4n) is 3.49. The van der Waals surface area contributed by atoms with E-state index in [0.717, 1.165) is 36.4 Å². The summed E-state index contributed by atoms with van der Waals surface area (Å²) in [6, 6.07) is 19.3. The van der Waals surface area contributed by atoms with Crippen molar-refractivity contribution in [1.82, 2.24) is 4.98 Å². The quantitative estimate of drug-likeness (QED) is 0.725. The lowest BCUT2D eigenvalue weighted by molar-refractivity contribution is 0.0987. The van der Waals surface area contributed by atoms with Crippen LogP contribution in [0.5, 0.6) is 0 Å². The summed E-state index contributed by atoms with van der Waals surface area (Å²) in [4.78, 5) is 21.6. The Bertz CT molecular complexity index is 925. The van der Waals surface area contributed by atoms with Gasteiger partial charge in [0.1, 0.15) is 0 Å². The zero-order chi connectivity index (χ0) is 18.6. The zero-order valence-corrected chi connectivity index (χ0v) is 15.1. The predicted molar refractivity (Wildman–Crippen MR) is 109 cm³/mol. The standard InChI is InChI=1S/C22H22N4O/c23-19-10-8-18(9-11-19)22(27)26-14-4-13-25(16-17-5-3-12-24-15-17)20-6-1-2-7-21(20)26/h1-3,5-12,15H,4,13-14,16,23H2. The van der Waals surface area contributed by atoms with E-state index < -0.39 is 0 Å². The Morgan fingerprint density at radius 3 is 2.48 bits per heavy atom. The topological polar surface area (TPSA) is 62.5 Å². The molecule has 0 saturated heterocycles. The van der Waals surface area contributed by atoms with Crippen LogP contribution in [0.3, 0.4) is 0 Å². The van der Waals surface area contributed by atoms with Gasteiger partial charge in [-0.05, 0) is 54.4 Å². The van der Waals surface area contributed by atoms with Crippen LogP contribution < -0.4 is 15.5 Å². The van der Waals surface area contributed by atoms with Gasteiger partial charge in [-0.1, -0.05) is 18.2 Å². The van der Waals surface area contributed by atoms with Gasteiger partial charge in [-0.25, -0.2) is 0 Å². The molecule has 27 heavy (non-hydrogen) atoms. The maximum atomic E-state index is 13.1. The number of nitrogens with zero attached hydrogens (tertiary/aromatic N) is 3. The minimum atomic E-state index is 0.00526. The minimum absolute atomic E-state index is 0.00526. The summed E-state index contributed by atoms with van der Waals surface area (Å²) in [5.74, 6) is 0.00526. The van der Waals surface area contributed by atoms with Crippen LogP contribution in [0.25, 0.3) is 0 Å². The number of para-hydroxylation sites is 2. The third kappa shape index (κ3) is 3.62. The summed E-state index contributed by atoms with van der Waals surface area (Å²) in [7, 11) is 0. The second kappa shape index (κ2) is 7.50. The lowest BCUT2D eigenvalue weighted by Crippen LogP contribution is -2.31. The molecular weight excluding hydrogens is 336 g/mol. The van der Waals surface area contributed by atoms with Gasteiger partial charge < -0.3 is 15.5 Å². The van der Waals surface area contributed by atoms with Crippen LogP contribution in [-0.2, 0) is 6.54 Å². The number of fused-ring (bicyclic) bond motifs is 1. The first-order valence-corrected chi connectivity index (χ1v) is 9.12. The molecule has 0 radical (unpaired) electrons. The first-order valence-electron chi connectivity index (χ1n) is 9.12. The number of rotatable bonds is 3. The Labute approximate surface area is 159 Å². The van der Waals surface area contributed by atoms with E-state index in [1.54, 1.807) is 30.5 Å². The number of hydrogen-bond acceptors (Lipinski definition) is 4. The molecule has 0 aliphatic carbocycles. The van der Waals surface area contributed by atoms with Crippen molar-refractivity contribution >= 4 is 23.0 Å². The number of nitrogen functional groups attached to an aromatic ring is 1.